The molecule has 0 aromatic carbocycles. The van der Waals surface area contributed by atoms with Crippen molar-refractivity contribution in [2.75, 3.05) is 18.5 Å². The van der Waals surface area contributed by atoms with Gasteiger partial charge in [-0.15, -0.1) is 0 Å². The van der Waals surface area contributed by atoms with E-state index < -0.39 is 6.67 Å². The minimum Gasteiger partial charge on any atom is -0.367 e. The first-order valence-corrected chi connectivity index (χ1v) is 4.00. The maximum absolute atomic E-state index is 11.9. The first-order chi connectivity index (χ1) is 6.42. The summed E-state index contributed by atoms with van der Waals surface area (Å²) < 4.78 is 11.9. The number of nitrogens with one attached hydrogen (secondary N) is 2. The van der Waals surface area contributed by atoms with Gasteiger partial charge in [-0.3, -0.25) is 0 Å². The zero-order valence-electron chi connectivity index (χ0n) is 6.92. The summed E-state index contributed by atoms with van der Waals surface area (Å²) in [5.74, 6) is 0.670. The van der Waals surface area contributed by atoms with Gasteiger partial charge in [0.2, 0.25) is 0 Å². The molecule has 2 aromatic heterocycles. The van der Waals surface area contributed by atoms with Gasteiger partial charge in [-0.05, 0) is 6.07 Å². The molecule has 0 atom stereocenters. The van der Waals surface area contributed by atoms with Crippen molar-refractivity contribution in [3.63, 3.8) is 0 Å². The average Bonchev–Trinajstić information content (AvgIpc) is 2.62. The number of aromatic amines is 1. The fourth-order valence-corrected chi connectivity index (χ4v) is 1.18. The number of hydrogen-bond donors (Lipinski definition) is 2. The number of anilines is 1. The highest BCUT2D eigenvalue weighted by Crippen LogP contribution is 2.16. The summed E-state index contributed by atoms with van der Waals surface area (Å²) in [6, 6.07) is 1.86. The topological polar surface area (TPSA) is 53.6 Å². The van der Waals surface area contributed by atoms with Crippen LogP contribution in [0.1, 0.15) is 0 Å². The monoisotopic (exact) mass is 180 g/mol. The van der Waals surface area contributed by atoms with Gasteiger partial charge in [-0.2, -0.15) is 0 Å². The Labute approximate surface area is 74.2 Å². The van der Waals surface area contributed by atoms with Crippen LogP contribution in [0.2, 0.25) is 0 Å². The van der Waals surface area contributed by atoms with Crippen LogP contribution in [0.15, 0.2) is 18.6 Å². The highest BCUT2D eigenvalue weighted by Gasteiger charge is 2.02. The van der Waals surface area contributed by atoms with Crippen molar-refractivity contribution >= 4 is 16.9 Å². The largest absolute Gasteiger partial charge is 0.367 e. The van der Waals surface area contributed by atoms with Gasteiger partial charge < -0.3 is 10.3 Å². The molecule has 0 fully saturated rings. The van der Waals surface area contributed by atoms with Gasteiger partial charge >= 0.3 is 0 Å². The average molecular weight is 180 g/mol. The Kier molecular flexibility index (Phi) is 2.08. The quantitative estimate of drug-likeness (QED) is 0.749. The third-order valence-electron chi connectivity index (χ3n) is 1.74. The SMILES string of the molecule is FCCNc1ncnc2[nH]ccc12. The van der Waals surface area contributed by atoms with E-state index in [1.54, 1.807) is 6.20 Å². The summed E-state index contributed by atoms with van der Waals surface area (Å²) in [5, 5.41) is 3.76. The van der Waals surface area contributed by atoms with E-state index in [1.807, 2.05) is 6.07 Å². The molecule has 2 aromatic rings. The molecule has 2 N–H and O–H groups in total. The van der Waals surface area contributed by atoms with Crippen LogP contribution in [0.5, 0.6) is 0 Å². The van der Waals surface area contributed by atoms with Gasteiger partial charge in [-0.25, -0.2) is 14.4 Å². The molecule has 13 heavy (non-hydrogen) atoms. The zero-order valence-corrected chi connectivity index (χ0v) is 6.92. The maximum Gasteiger partial charge on any atom is 0.142 e. The molecule has 5 heteroatoms. The lowest BCUT2D eigenvalue weighted by Gasteiger charge is -2.02. The van der Waals surface area contributed by atoms with Crippen LogP contribution in [0.3, 0.4) is 0 Å². The highest BCUT2D eigenvalue weighted by molar-refractivity contribution is 5.86. The molecular weight excluding hydrogens is 171 g/mol. The molecule has 2 rings (SSSR count). The smallest absolute Gasteiger partial charge is 0.142 e. The molecule has 68 valence electrons. The molecule has 0 spiro atoms. The first-order valence-electron chi connectivity index (χ1n) is 4.00. The Balaban J connectivity index is 2.37. The van der Waals surface area contributed by atoms with Crippen LogP contribution in [-0.4, -0.2) is 28.2 Å². The van der Waals surface area contributed by atoms with Gasteiger partial charge in [0, 0.05) is 12.7 Å². The van der Waals surface area contributed by atoms with Gasteiger partial charge in [0.15, 0.2) is 0 Å². The van der Waals surface area contributed by atoms with Gasteiger partial charge in [-0.1, -0.05) is 0 Å². The minimum absolute atomic E-state index is 0.275. The Morgan fingerprint density at radius 2 is 2.38 bits per heavy atom. The molecule has 0 saturated carbocycles. The van der Waals surface area contributed by atoms with Crippen LogP contribution in [0.25, 0.3) is 11.0 Å². The van der Waals surface area contributed by atoms with Crippen molar-refractivity contribution in [3.05, 3.63) is 18.6 Å². The normalized spacial score (nSPS) is 10.5. The second-order valence-corrected chi connectivity index (χ2v) is 2.58. The lowest BCUT2D eigenvalue weighted by Crippen LogP contribution is -2.05. The van der Waals surface area contributed by atoms with Crippen LogP contribution in [0, 0.1) is 0 Å². The van der Waals surface area contributed by atoms with Gasteiger partial charge in [0.1, 0.15) is 24.5 Å². The number of nitrogens with zero attached hydrogens (tertiary/aromatic N) is 2. The third-order valence-corrected chi connectivity index (χ3v) is 1.74. The molecule has 2 heterocycles. The molecule has 0 bridgehead atoms. The van der Waals surface area contributed by atoms with E-state index in [1.165, 1.54) is 6.33 Å². The summed E-state index contributed by atoms with van der Waals surface area (Å²) in [5.41, 5.74) is 0.761. The van der Waals surface area contributed by atoms with Crippen molar-refractivity contribution in [1.82, 2.24) is 15.0 Å². The molecule has 0 aliphatic heterocycles. The second-order valence-electron chi connectivity index (χ2n) is 2.58. The number of halogens is 1. The Bertz CT molecular complexity index is 398. The van der Waals surface area contributed by atoms with E-state index in [-0.39, 0.29) is 6.54 Å². The van der Waals surface area contributed by atoms with E-state index in [4.69, 9.17) is 0 Å². The molecule has 0 radical (unpaired) electrons. The predicted octanol–water partition coefficient (Wildman–Crippen LogP) is 1.34. The van der Waals surface area contributed by atoms with E-state index in [9.17, 15) is 4.39 Å². The third kappa shape index (κ3) is 1.44. The summed E-state index contributed by atoms with van der Waals surface area (Å²) in [6.45, 7) is -0.132. The van der Waals surface area contributed by atoms with Crippen molar-refractivity contribution in [2.24, 2.45) is 0 Å². The number of fused-ring (bicyclic) bond motifs is 1. The number of alkyl halides is 1. The van der Waals surface area contributed by atoms with E-state index in [2.05, 4.69) is 20.3 Å². The van der Waals surface area contributed by atoms with Crippen molar-refractivity contribution in [2.45, 2.75) is 0 Å². The Morgan fingerprint density at radius 1 is 1.46 bits per heavy atom. The van der Waals surface area contributed by atoms with Crippen molar-refractivity contribution < 1.29 is 4.39 Å². The van der Waals surface area contributed by atoms with Crippen LogP contribution in [0.4, 0.5) is 10.2 Å². The first kappa shape index (κ1) is 7.97. The summed E-state index contributed by atoms with van der Waals surface area (Å²) >= 11 is 0. The molecule has 0 aliphatic carbocycles. The van der Waals surface area contributed by atoms with Crippen LogP contribution in [-0.2, 0) is 0 Å². The Hall–Kier alpha value is -1.65. The van der Waals surface area contributed by atoms with Crippen LogP contribution >= 0.6 is 0 Å². The second kappa shape index (κ2) is 3.38. The lowest BCUT2D eigenvalue weighted by molar-refractivity contribution is 0.512. The number of aromatic nitrogens is 3. The molecule has 4 nitrogen and oxygen atoms in total. The maximum atomic E-state index is 11.9. The number of H-pyrrole nitrogens is 1. The summed E-state index contributed by atoms with van der Waals surface area (Å²) in [7, 11) is 0. The highest BCUT2D eigenvalue weighted by atomic mass is 19.1. The molecule has 0 unspecified atom stereocenters. The molecule has 0 saturated heterocycles. The minimum atomic E-state index is -0.407. The molecule has 0 amide bonds. The summed E-state index contributed by atoms with van der Waals surface area (Å²) in [4.78, 5) is 11.0. The lowest BCUT2D eigenvalue weighted by atomic mass is 10.4. The molecular formula is C8H9FN4. The van der Waals surface area contributed by atoms with E-state index in [0.717, 1.165) is 11.0 Å². The molecule has 0 aliphatic rings. The van der Waals surface area contributed by atoms with Gasteiger partial charge in [0.25, 0.3) is 0 Å². The van der Waals surface area contributed by atoms with Crippen LogP contribution < -0.4 is 5.32 Å². The van der Waals surface area contributed by atoms with Gasteiger partial charge in [0.05, 0.1) is 5.39 Å². The zero-order chi connectivity index (χ0) is 9.10. The Morgan fingerprint density at radius 3 is 3.23 bits per heavy atom. The predicted molar refractivity (Wildman–Crippen MR) is 48.4 cm³/mol. The number of hydrogen-bond acceptors (Lipinski definition) is 3. The van der Waals surface area contributed by atoms with E-state index in [0.29, 0.717) is 5.82 Å². The number of rotatable bonds is 3. The summed E-state index contributed by atoms with van der Waals surface area (Å²) in [6.07, 6.45) is 3.22. The van der Waals surface area contributed by atoms with Crippen molar-refractivity contribution in [3.8, 4) is 0 Å². The fourth-order valence-electron chi connectivity index (χ4n) is 1.18. The standard InChI is InChI=1S/C8H9FN4/c9-2-4-11-8-6-1-3-10-7(6)12-5-13-8/h1,3,5H,2,4H2,(H2,10,11,12,13). The van der Waals surface area contributed by atoms with Crippen molar-refractivity contribution in [1.29, 1.82) is 0 Å². The van der Waals surface area contributed by atoms with E-state index >= 15 is 0 Å². The fraction of sp³-hybridized carbons (Fsp3) is 0.250.